The van der Waals surface area contributed by atoms with E-state index in [2.05, 4.69) is 0 Å². The fourth-order valence-electron chi connectivity index (χ4n) is 0.587. The van der Waals surface area contributed by atoms with Crippen LogP contribution in [-0.2, 0) is 4.79 Å². The second-order valence-corrected chi connectivity index (χ2v) is 2.24. The Bertz CT molecular complexity index is 201. The number of hydrogen-bond acceptors (Lipinski definition) is 2. The summed E-state index contributed by atoms with van der Waals surface area (Å²) in [6.45, 7) is 1.55. The molecule has 0 aliphatic heterocycles. The number of rotatable bonds is 4. The van der Waals surface area contributed by atoms with E-state index in [-0.39, 0.29) is 0 Å². The Morgan fingerprint density at radius 1 is 1.73 bits per heavy atom. The molecule has 0 unspecified atom stereocenters. The summed E-state index contributed by atoms with van der Waals surface area (Å²) in [5.41, 5.74) is 0.350. The van der Waals surface area contributed by atoms with Gasteiger partial charge in [-0.3, -0.25) is 0 Å². The number of nitrogens with zero attached hydrogens (tertiary/aromatic N) is 1. The minimum atomic E-state index is -0.887. The van der Waals surface area contributed by atoms with Crippen molar-refractivity contribution in [3.05, 3.63) is 11.6 Å². The van der Waals surface area contributed by atoms with Gasteiger partial charge in [0.05, 0.1) is 6.07 Å². The van der Waals surface area contributed by atoms with Gasteiger partial charge in [-0.15, -0.1) is 0 Å². The number of unbranched alkanes of at least 4 members (excludes halogenated alkanes) is 2. The summed E-state index contributed by atoms with van der Waals surface area (Å²) in [4.78, 5) is 10.2. The fraction of sp³-hybridized carbons (Fsp3) is 0.500. The number of carboxylic acids is 1. The van der Waals surface area contributed by atoms with Crippen LogP contribution in [0.3, 0.4) is 0 Å². The van der Waals surface area contributed by atoms with Crippen LogP contribution in [0.5, 0.6) is 0 Å². The van der Waals surface area contributed by atoms with Gasteiger partial charge in [-0.05, 0) is 19.8 Å². The monoisotopic (exact) mass is 153 g/mol. The number of nitriles is 1. The summed E-state index contributed by atoms with van der Waals surface area (Å²) in [7, 11) is 0. The first kappa shape index (κ1) is 9.70. The van der Waals surface area contributed by atoms with Gasteiger partial charge in [0.15, 0.2) is 0 Å². The van der Waals surface area contributed by atoms with Gasteiger partial charge in [-0.2, -0.15) is 5.26 Å². The van der Waals surface area contributed by atoms with Gasteiger partial charge in [-0.1, -0.05) is 6.08 Å². The number of carboxylic acid groups (broad SMARTS) is 1. The Balaban J connectivity index is 3.59. The van der Waals surface area contributed by atoms with Gasteiger partial charge < -0.3 is 5.11 Å². The lowest BCUT2D eigenvalue weighted by Gasteiger charge is -1.91. The second-order valence-electron chi connectivity index (χ2n) is 2.24. The van der Waals surface area contributed by atoms with Crippen LogP contribution >= 0.6 is 0 Å². The molecule has 0 aromatic rings. The van der Waals surface area contributed by atoms with Crippen LogP contribution in [0.15, 0.2) is 11.6 Å². The van der Waals surface area contributed by atoms with Gasteiger partial charge >= 0.3 is 5.97 Å². The summed E-state index contributed by atoms with van der Waals surface area (Å²) in [5.74, 6) is -0.887. The van der Waals surface area contributed by atoms with Crippen LogP contribution in [0.25, 0.3) is 0 Å². The molecular weight excluding hydrogens is 142 g/mol. The molecule has 0 atom stereocenters. The maximum Gasteiger partial charge on any atom is 0.330 e. The standard InChI is InChI=1S/C8H11NO2/c1-7(8(10)11)5-3-2-4-6-9/h5H,2-4H2,1H3,(H,10,11). The third-order valence-corrected chi connectivity index (χ3v) is 1.28. The summed E-state index contributed by atoms with van der Waals surface area (Å²) < 4.78 is 0. The van der Waals surface area contributed by atoms with Crippen LogP contribution in [-0.4, -0.2) is 11.1 Å². The SMILES string of the molecule is CC(=CCCCC#N)C(=O)O. The van der Waals surface area contributed by atoms with Crippen LogP contribution in [0.2, 0.25) is 0 Å². The lowest BCUT2D eigenvalue weighted by atomic mass is 10.2. The molecule has 0 saturated carbocycles. The molecule has 11 heavy (non-hydrogen) atoms. The number of aliphatic carboxylic acids is 1. The quantitative estimate of drug-likeness (QED) is 0.494. The number of carbonyl (C=O) groups is 1. The summed E-state index contributed by atoms with van der Waals surface area (Å²) in [5, 5.41) is 16.6. The third-order valence-electron chi connectivity index (χ3n) is 1.28. The first-order chi connectivity index (χ1) is 5.18. The van der Waals surface area contributed by atoms with E-state index in [1.54, 1.807) is 13.0 Å². The third kappa shape index (κ3) is 5.16. The van der Waals surface area contributed by atoms with E-state index in [1.807, 2.05) is 6.07 Å². The Morgan fingerprint density at radius 2 is 2.36 bits per heavy atom. The first-order valence-electron chi connectivity index (χ1n) is 3.45. The van der Waals surface area contributed by atoms with Crippen molar-refractivity contribution < 1.29 is 9.90 Å². The lowest BCUT2D eigenvalue weighted by Crippen LogP contribution is -1.95. The Morgan fingerprint density at radius 3 is 2.82 bits per heavy atom. The van der Waals surface area contributed by atoms with Gasteiger partial charge in [0.1, 0.15) is 0 Å². The molecule has 3 heteroatoms. The number of hydrogen-bond donors (Lipinski definition) is 1. The summed E-state index contributed by atoms with van der Waals surface area (Å²) >= 11 is 0. The molecule has 0 aliphatic rings. The van der Waals surface area contributed by atoms with Crippen LogP contribution < -0.4 is 0 Å². The average Bonchev–Trinajstić information content (AvgIpc) is 1.97. The molecule has 0 amide bonds. The van der Waals surface area contributed by atoms with Crippen LogP contribution in [0.1, 0.15) is 26.2 Å². The molecule has 0 rings (SSSR count). The normalized spacial score (nSPS) is 10.7. The highest BCUT2D eigenvalue weighted by atomic mass is 16.4. The van der Waals surface area contributed by atoms with E-state index in [0.717, 1.165) is 6.42 Å². The van der Waals surface area contributed by atoms with Crippen LogP contribution in [0.4, 0.5) is 0 Å². The molecule has 1 N–H and O–H groups in total. The molecule has 0 bridgehead atoms. The highest BCUT2D eigenvalue weighted by Crippen LogP contribution is 2.00. The zero-order valence-corrected chi connectivity index (χ0v) is 6.50. The largest absolute Gasteiger partial charge is 0.478 e. The van der Waals surface area contributed by atoms with E-state index in [4.69, 9.17) is 10.4 Å². The maximum atomic E-state index is 10.2. The first-order valence-corrected chi connectivity index (χ1v) is 3.45. The van der Waals surface area contributed by atoms with E-state index < -0.39 is 5.97 Å². The molecular formula is C8H11NO2. The number of allylic oxidation sites excluding steroid dienone is 1. The minimum absolute atomic E-state index is 0.350. The average molecular weight is 153 g/mol. The highest BCUT2D eigenvalue weighted by molar-refractivity contribution is 5.85. The zero-order valence-electron chi connectivity index (χ0n) is 6.50. The van der Waals surface area contributed by atoms with E-state index >= 15 is 0 Å². The Kier molecular flexibility index (Phi) is 4.83. The molecule has 60 valence electrons. The molecule has 0 spiro atoms. The highest BCUT2D eigenvalue weighted by Gasteiger charge is 1.96. The zero-order chi connectivity index (χ0) is 8.69. The van der Waals surface area contributed by atoms with Crippen LogP contribution in [0, 0.1) is 11.3 Å². The van der Waals surface area contributed by atoms with Gasteiger partial charge in [0, 0.05) is 12.0 Å². The van der Waals surface area contributed by atoms with Crippen molar-refractivity contribution >= 4 is 5.97 Å². The molecule has 0 fully saturated rings. The topological polar surface area (TPSA) is 61.1 Å². The van der Waals surface area contributed by atoms with Crippen molar-refractivity contribution in [1.29, 1.82) is 5.26 Å². The molecule has 0 saturated heterocycles. The van der Waals surface area contributed by atoms with Crippen molar-refractivity contribution in [3.63, 3.8) is 0 Å². The van der Waals surface area contributed by atoms with E-state index in [9.17, 15) is 4.79 Å². The fourth-order valence-corrected chi connectivity index (χ4v) is 0.587. The second kappa shape index (κ2) is 5.48. The predicted molar refractivity (Wildman–Crippen MR) is 40.9 cm³/mol. The molecule has 0 aliphatic carbocycles. The van der Waals surface area contributed by atoms with E-state index in [0.29, 0.717) is 18.4 Å². The molecule has 0 radical (unpaired) electrons. The minimum Gasteiger partial charge on any atom is -0.478 e. The van der Waals surface area contributed by atoms with Crippen molar-refractivity contribution in [2.24, 2.45) is 0 Å². The molecule has 0 aromatic carbocycles. The van der Waals surface area contributed by atoms with Crippen molar-refractivity contribution in [2.75, 3.05) is 0 Å². The maximum absolute atomic E-state index is 10.2. The van der Waals surface area contributed by atoms with Gasteiger partial charge in [0.25, 0.3) is 0 Å². The van der Waals surface area contributed by atoms with Crippen molar-refractivity contribution in [2.45, 2.75) is 26.2 Å². The smallest absolute Gasteiger partial charge is 0.330 e. The van der Waals surface area contributed by atoms with Crippen molar-refractivity contribution in [1.82, 2.24) is 0 Å². The molecule has 3 nitrogen and oxygen atoms in total. The predicted octanol–water partition coefficient (Wildman–Crippen LogP) is 1.71. The summed E-state index contributed by atoms with van der Waals surface area (Å²) in [6, 6.07) is 1.99. The molecule has 0 aromatic heterocycles. The lowest BCUT2D eigenvalue weighted by molar-refractivity contribution is -0.132. The Hall–Kier alpha value is -1.30. The Labute approximate surface area is 66.0 Å². The summed E-state index contributed by atoms with van der Waals surface area (Å²) in [6.07, 6.45) is 3.54. The van der Waals surface area contributed by atoms with Gasteiger partial charge in [0.2, 0.25) is 0 Å². The van der Waals surface area contributed by atoms with Crippen molar-refractivity contribution in [3.8, 4) is 6.07 Å². The molecule has 0 heterocycles. The van der Waals surface area contributed by atoms with Gasteiger partial charge in [-0.25, -0.2) is 4.79 Å². The van der Waals surface area contributed by atoms with E-state index in [1.165, 1.54) is 0 Å².